The Morgan fingerprint density at radius 2 is 1.97 bits per heavy atom. The van der Waals surface area contributed by atoms with Crippen LogP contribution in [0.25, 0.3) is 0 Å². The second-order valence-electron chi connectivity index (χ2n) is 10.4. The number of anilines is 1. The maximum atomic E-state index is 15.3. The van der Waals surface area contributed by atoms with Crippen LogP contribution in [0.4, 0.5) is 10.2 Å². The average molecular weight is 420 g/mol. The van der Waals surface area contributed by atoms with Gasteiger partial charge in [0.1, 0.15) is 0 Å². The van der Waals surface area contributed by atoms with Gasteiger partial charge in [-0.1, -0.05) is 0 Å². The SMILES string of the molecule is CN(CC1CCNCC1)c1c(F)c(C(=O)N[C@H]2C3CC4CC2C[C@](O)(C4)C3)nn1C. The molecule has 0 aromatic carbocycles. The monoisotopic (exact) mass is 419 g/mol. The van der Waals surface area contributed by atoms with Crippen molar-refractivity contribution in [2.45, 2.75) is 56.6 Å². The quantitative estimate of drug-likeness (QED) is 0.676. The minimum atomic E-state index is -0.543. The van der Waals surface area contributed by atoms with Crippen molar-refractivity contribution in [1.29, 1.82) is 0 Å². The van der Waals surface area contributed by atoms with Gasteiger partial charge in [-0.25, -0.2) is 9.07 Å². The number of aryl methyl sites for hydroxylation is 1. The molecule has 3 N–H and O–H groups in total. The van der Waals surface area contributed by atoms with Crippen LogP contribution >= 0.6 is 0 Å². The van der Waals surface area contributed by atoms with Crippen LogP contribution in [0.1, 0.15) is 55.4 Å². The van der Waals surface area contributed by atoms with Gasteiger partial charge in [0.2, 0.25) is 0 Å². The lowest BCUT2D eigenvalue weighted by Gasteiger charge is -2.58. The molecule has 2 atom stereocenters. The van der Waals surface area contributed by atoms with Gasteiger partial charge in [0.25, 0.3) is 5.91 Å². The molecular weight excluding hydrogens is 385 g/mol. The van der Waals surface area contributed by atoms with Gasteiger partial charge in [-0.3, -0.25) is 4.79 Å². The number of piperidine rings is 1. The summed E-state index contributed by atoms with van der Waals surface area (Å²) in [7, 11) is 3.58. The predicted octanol–water partition coefficient (Wildman–Crippen LogP) is 1.66. The average Bonchev–Trinajstić information content (AvgIpc) is 2.98. The smallest absolute Gasteiger partial charge is 0.275 e. The van der Waals surface area contributed by atoms with Crippen LogP contribution in [0.5, 0.6) is 0 Å². The summed E-state index contributed by atoms with van der Waals surface area (Å²) in [5.74, 6) is 1.09. The summed E-state index contributed by atoms with van der Waals surface area (Å²) in [4.78, 5) is 14.9. The molecular formula is C22H34FN5O2. The van der Waals surface area contributed by atoms with Gasteiger partial charge in [0.15, 0.2) is 17.3 Å². The van der Waals surface area contributed by atoms with E-state index in [2.05, 4.69) is 15.7 Å². The van der Waals surface area contributed by atoms with Crippen LogP contribution in [0.15, 0.2) is 0 Å². The van der Waals surface area contributed by atoms with Crippen molar-refractivity contribution in [2.75, 3.05) is 31.6 Å². The molecule has 1 aromatic heterocycles. The standard InChI is InChI=1S/C22H34FN5O2/c1-27(12-13-3-5-24-6-4-13)21-17(23)19(26-28(21)2)20(29)25-18-15-7-14-8-16(18)11-22(30,9-14)10-15/h13-16,18,24,30H,3-12H2,1-2H3,(H,25,29)/t14?,15?,16?,18-,22-. The van der Waals surface area contributed by atoms with Crippen molar-refractivity contribution in [2.24, 2.45) is 30.7 Å². The molecule has 0 radical (unpaired) electrons. The largest absolute Gasteiger partial charge is 0.390 e. The lowest BCUT2D eigenvalue weighted by atomic mass is 9.52. The minimum absolute atomic E-state index is 0.0200. The van der Waals surface area contributed by atoms with Crippen LogP contribution in [-0.4, -0.2) is 59.1 Å². The highest BCUT2D eigenvalue weighted by Crippen LogP contribution is 2.55. The molecule has 0 spiro atoms. The molecule has 4 saturated carbocycles. The fraction of sp³-hybridized carbons (Fsp3) is 0.818. The molecule has 1 aliphatic heterocycles. The van der Waals surface area contributed by atoms with Crippen LogP contribution in [0.3, 0.4) is 0 Å². The van der Waals surface area contributed by atoms with E-state index in [9.17, 15) is 9.90 Å². The van der Waals surface area contributed by atoms with E-state index in [1.165, 1.54) is 4.68 Å². The van der Waals surface area contributed by atoms with Crippen molar-refractivity contribution in [3.05, 3.63) is 11.5 Å². The topological polar surface area (TPSA) is 82.4 Å². The lowest BCUT2D eigenvalue weighted by Crippen LogP contribution is -2.61. The molecule has 4 bridgehead atoms. The molecule has 166 valence electrons. The van der Waals surface area contributed by atoms with E-state index < -0.39 is 17.3 Å². The summed E-state index contributed by atoms with van der Waals surface area (Å²) in [5, 5.41) is 21.5. The molecule has 5 aliphatic rings. The second kappa shape index (κ2) is 7.48. The zero-order chi connectivity index (χ0) is 21.0. The summed E-state index contributed by atoms with van der Waals surface area (Å²) < 4.78 is 16.8. The van der Waals surface area contributed by atoms with Crippen LogP contribution in [-0.2, 0) is 7.05 Å². The van der Waals surface area contributed by atoms with Gasteiger partial charge in [0.05, 0.1) is 5.60 Å². The molecule has 1 aromatic rings. The maximum absolute atomic E-state index is 15.3. The lowest BCUT2D eigenvalue weighted by molar-refractivity contribution is -0.137. The molecule has 6 rings (SSSR count). The van der Waals surface area contributed by atoms with E-state index in [1.54, 1.807) is 7.05 Å². The van der Waals surface area contributed by atoms with E-state index in [4.69, 9.17) is 0 Å². The Kier molecular flexibility index (Phi) is 5.05. The van der Waals surface area contributed by atoms with Crippen LogP contribution < -0.4 is 15.5 Å². The van der Waals surface area contributed by atoms with Crippen molar-refractivity contribution in [3.63, 3.8) is 0 Å². The normalized spacial score (nSPS) is 35.6. The zero-order valence-electron chi connectivity index (χ0n) is 18.0. The fourth-order valence-corrected chi connectivity index (χ4v) is 7.02. The van der Waals surface area contributed by atoms with Gasteiger partial charge in [-0.05, 0) is 81.7 Å². The first-order chi connectivity index (χ1) is 14.3. The first-order valence-corrected chi connectivity index (χ1v) is 11.5. The Labute approximate surface area is 177 Å². The molecule has 8 heteroatoms. The highest BCUT2D eigenvalue weighted by atomic mass is 19.1. The van der Waals surface area contributed by atoms with E-state index in [0.29, 0.717) is 29.5 Å². The highest BCUT2D eigenvalue weighted by molar-refractivity contribution is 5.93. The third-order valence-corrected chi connectivity index (χ3v) is 8.07. The zero-order valence-corrected chi connectivity index (χ0v) is 18.0. The van der Waals surface area contributed by atoms with Crippen molar-refractivity contribution in [1.82, 2.24) is 20.4 Å². The highest BCUT2D eigenvalue weighted by Gasteiger charge is 2.55. The fourth-order valence-electron chi connectivity index (χ4n) is 7.02. The van der Waals surface area contributed by atoms with Crippen molar-refractivity contribution >= 4 is 11.7 Å². The second-order valence-corrected chi connectivity index (χ2v) is 10.4. The first-order valence-electron chi connectivity index (χ1n) is 11.5. The molecule has 5 fully saturated rings. The number of rotatable bonds is 5. The third-order valence-electron chi connectivity index (χ3n) is 8.07. The number of nitrogens with one attached hydrogen (secondary N) is 2. The Morgan fingerprint density at radius 1 is 1.30 bits per heavy atom. The van der Waals surface area contributed by atoms with E-state index in [0.717, 1.165) is 64.6 Å². The number of hydrogen-bond donors (Lipinski definition) is 3. The van der Waals surface area contributed by atoms with Gasteiger partial charge < -0.3 is 20.6 Å². The molecule has 4 aliphatic carbocycles. The van der Waals surface area contributed by atoms with E-state index >= 15 is 4.39 Å². The molecule has 2 unspecified atom stereocenters. The van der Waals surface area contributed by atoms with Crippen molar-refractivity contribution < 1.29 is 14.3 Å². The molecule has 1 amide bonds. The number of halogens is 1. The number of aliphatic hydroxyl groups is 1. The first kappa shape index (κ1) is 20.2. The van der Waals surface area contributed by atoms with Crippen LogP contribution in [0.2, 0.25) is 0 Å². The molecule has 2 heterocycles. The molecule has 30 heavy (non-hydrogen) atoms. The van der Waals surface area contributed by atoms with Gasteiger partial charge >= 0.3 is 0 Å². The molecule has 1 saturated heterocycles. The Hall–Kier alpha value is -1.67. The number of hydrogen-bond acceptors (Lipinski definition) is 5. The summed E-state index contributed by atoms with van der Waals surface area (Å²) >= 11 is 0. The number of amides is 1. The Morgan fingerprint density at radius 3 is 2.60 bits per heavy atom. The predicted molar refractivity (Wildman–Crippen MR) is 112 cm³/mol. The number of nitrogens with zero attached hydrogens (tertiary/aromatic N) is 3. The van der Waals surface area contributed by atoms with E-state index in [1.807, 2.05) is 11.9 Å². The summed E-state index contributed by atoms with van der Waals surface area (Å²) in [5.41, 5.74) is -0.657. The molecule has 7 nitrogen and oxygen atoms in total. The third kappa shape index (κ3) is 3.51. The summed E-state index contributed by atoms with van der Waals surface area (Å²) in [6.07, 6.45) is 6.67. The summed E-state index contributed by atoms with van der Waals surface area (Å²) in [6, 6.07) is 0.0200. The number of carbonyl (C=O) groups excluding carboxylic acids is 1. The van der Waals surface area contributed by atoms with Gasteiger partial charge in [0, 0.05) is 26.7 Å². The van der Waals surface area contributed by atoms with Crippen molar-refractivity contribution in [3.8, 4) is 0 Å². The van der Waals surface area contributed by atoms with E-state index in [-0.39, 0.29) is 11.7 Å². The number of aromatic nitrogens is 2. The Balaban J connectivity index is 1.29. The maximum Gasteiger partial charge on any atom is 0.275 e. The minimum Gasteiger partial charge on any atom is -0.390 e. The van der Waals surface area contributed by atoms with Crippen LogP contribution in [0, 0.1) is 29.5 Å². The Bertz CT molecular complexity index is 805. The number of carbonyl (C=O) groups is 1. The van der Waals surface area contributed by atoms with Gasteiger partial charge in [-0.15, -0.1) is 0 Å². The van der Waals surface area contributed by atoms with Gasteiger partial charge in [-0.2, -0.15) is 5.10 Å². The summed E-state index contributed by atoms with van der Waals surface area (Å²) in [6.45, 7) is 2.76.